The van der Waals surface area contributed by atoms with Crippen molar-refractivity contribution < 1.29 is 9.53 Å². The smallest absolute Gasteiger partial charge is 0.414 e. The zero-order valence-electron chi connectivity index (χ0n) is 8.53. The number of carbonyl (C=O) groups is 1. The highest BCUT2D eigenvalue weighted by Gasteiger charge is 2.39. The number of nitrogens with zero attached hydrogens (tertiary/aromatic N) is 1. The fourth-order valence-corrected chi connectivity index (χ4v) is 2.86. The van der Waals surface area contributed by atoms with Gasteiger partial charge >= 0.3 is 6.09 Å². The molecule has 1 aliphatic heterocycles. The van der Waals surface area contributed by atoms with E-state index < -0.39 is 0 Å². The molecule has 0 saturated heterocycles. The number of amides is 1. The zero-order chi connectivity index (χ0) is 10.3. The lowest BCUT2D eigenvalue weighted by Crippen LogP contribution is -2.33. The summed E-state index contributed by atoms with van der Waals surface area (Å²) < 4.78 is 4.75. The summed E-state index contributed by atoms with van der Waals surface area (Å²) in [6, 6.07) is 1.98. The molecule has 0 aromatic carbocycles. The van der Waals surface area contributed by atoms with E-state index in [4.69, 9.17) is 4.74 Å². The summed E-state index contributed by atoms with van der Waals surface area (Å²) in [7, 11) is 1.42. The second kappa shape index (κ2) is 2.98. The van der Waals surface area contributed by atoms with E-state index in [2.05, 4.69) is 13.8 Å². The molecule has 0 unspecified atom stereocenters. The van der Waals surface area contributed by atoms with Gasteiger partial charge in [0.2, 0.25) is 0 Å². The molecule has 0 saturated carbocycles. The normalized spacial score (nSPS) is 18.1. The maximum absolute atomic E-state index is 11.5. The molecule has 1 aromatic rings. The van der Waals surface area contributed by atoms with Gasteiger partial charge in [0.05, 0.1) is 12.8 Å². The van der Waals surface area contributed by atoms with E-state index in [1.54, 1.807) is 16.2 Å². The molecule has 1 aliphatic rings. The second-order valence-electron chi connectivity index (χ2n) is 4.08. The van der Waals surface area contributed by atoms with Crippen molar-refractivity contribution in [2.45, 2.75) is 19.3 Å². The van der Waals surface area contributed by atoms with Gasteiger partial charge in [0.15, 0.2) is 0 Å². The first-order valence-electron chi connectivity index (χ1n) is 4.50. The van der Waals surface area contributed by atoms with Gasteiger partial charge in [-0.1, -0.05) is 13.8 Å². The molecule has 0 atom stereocenters. The lowest BCUT2D eigenvalue weighted by atomic mass is 9.94. The first-order chi connectivity index (χ1) is 6.56. The van der Waals surface area contributed by atoms with Gasteiger partial charge in [-0.2, -0.15) is 0 Å². The van der Waals surface area contributed by atoms with Crippen molar-refractivity contribution in [1.82, 2.24) is 0 Å². The monoisotopic (exact) mass is 211 g/mol. The van der Waals surface area contributed by atoms with Gasteiger partial charge < -0.3 is 4.74 Å². The van der Waals surface area contributed by atoms with E-state index >= 15 is 0 Å². The molecular formula is C10H13NO2S. The fourth-order valence-electron chi connectivity index (χ4n) is 1.85. The van der Waals surface area contributed by atoms with E-state index in [1.807, 2.05) is 11.4 Å². The number of thiophene rings is 1. The van der Waals surface area contributed by atoms with Crippen molar-refractivity contribution >= 4 is 23.1 Å². The molecule has 1 amide bonds. The van der Waals surface area contributed by atoms with E-state index in [9.17, 15) is 4.79 Å². The van der Waals surface area contributed by atoms with Crippen LogP contribution in [0.25, 0.3) is 0 Å². The van der Waals surface area contributed by atoms with Crippen molar-refractivity contribution in [1.29, 1.82) is 0 Å². The number of fused-ring (bicyclic) bond motifs is 1. The zero-order valence-corrected chi connectivity index (χ0v) is 9.35. The summed E-state index contributed by atoms with van der Waals surface area (Å²) in [5.74, 6) is 0. The van der Waals surface area contributed by atoms with Gasteiger partial charge in [0.1, 0.15) is 0 Å². The standard InChI is InChI=1S/C10H13NO2S/c1-10(2)6-11(9(12)13-3)7-4-5-14-8(7)10/h4-5H,6H2,1-3H3. The summed E-state index contributed by atoms with van der Waals surface area (Å²) in [6.45, 7) is 5.00. The number of ether oxygens (including phenoxy) is 1. The van der Waals surface area contributed by atoms with Crippen molar-refractivity contribution in [2.75, 3.05) is 18.6 Å². The van der Waals surface area contributed by atoms with Crippen molar-refractivity contribution in [3.05, 3.63) is 16.3 Å². The van der Waals surface area contributed by atoms with E-state index in [-0.39, 0.29) is 11.5 Å². The summed E-state index contributed by atoms with van der Waals surface area (Å²) >= 11 is 1.70. The van der Waals surface area contributed by atoms with Gasteiger partial charge in [0.25, 0.3) is 0 Å². The van der Waals surface area contributed by atoms with Crippen LogP contribution in [-0.2, 0) is 10.2 Å². The fraction of sp³-hybridized carbons (Fsp3) is 0.500. The molecule has 14 heavy (non-hydrogen) atoms. The van der Waals surface area contributed by atoms with Gasteiger partial charge in [-0.15, -0.1) is 11.3 Å². The first kappa shape index (κ1) is 9.52. The number of methoxy groups -OCH3 is 1. The number of hydrogen-bond acceptors (Lipinski definition) is 3. The summed E-state index contributed by atoms with van der Waals surface area (Å²) in [5.41, 5.74) is 1.06. The minimum atomic E-state index is -0.268. The van der Waals surface area contributed by atoms with Crippen molar-refractivity contribution in [3.8, 4) is 0 Å². The Bertz CT molecular complexity index is 370. The second-order valence-corrected chi connectivity index (χ2v) is 4.99. The first-order valence-corrected chi connectivity index (χ1v) is 5.37. The third kappa shape index (κ3) is 1.21. The molecule has 2 rings (SSSR count). The number of hydrogen-bond donors (Lipinski definition) is 0. The van der Waals surface area contributed by atoms with E-state index in [1.165, 1.54) is 12.0 Å². The molecule has 2 heterocycles. The largest absolute Gasteiger partial charge is 0.452 e. The van der Waals surface area contributed by atoms with Crippen LogP contribution in [0.5, 0.6) is 0 Å². The molecule has 4 heteroatoms. The Morgan fingerprint density at radius 2 is 2.36 bits per heavy atom. The third-order valence-corrected chi connectivity index (χ3v) is 3.77. The van der Waals surface area contributed by atoms with Crippen LogP contribution in [0.2, 0.25) is 0 Å². The molecule has 76 valence electrons. The Morgan fingerprint density at radius 3 is 3.00 bits per heavy atom. The van der Waals surface area contributed by atoms with Gasteiger partial charge in [-0.25, -0.2) is 4.79 Å². The maximum Gasteiger partial charge on any atom is 0.414 e. The van der Waals surface area contributed by atoms with Crippen LogP contribution >= 0.6 is 11.3 Å². The van der Waals surface area contributed by atoms with Crippen molar-refractivity contribution in [3.63, 3.8) is 0 Å². The van der Waals surface area contributed by atoms with Gasteiger partial charge in [0, 0.05) is 16.8 Å². The lowest BCUT2D eigenvalue weighted by molar-refractivity contribution is 0.178. The maximum atomic E-state index is 11.5. The van der Waals surface area contributed by atoms with E-state index in [0.29, 0.717) is 6.54 Å². The van der Waals surface area contributed by atoms with Crippen LogP contribution in [-0.4, -0.2) is 19.7 Å². The molecule has 0 spiro atoms. The topological polar surface area (TPSA) is 29.5 Å². The highest BCUT2D eigenvalue weighted by atomic mass is 32.1. The molecule has 0 bridgehead atoms. The Balaban J connectivity index is 2.41. The molecule has 0 N–H and O–H groups in total. The number of rotatable bonds is 0. The molecule has 0 fully saturated rings. The van der Waals surface area contributed by atoms with Crippen LogP contribution in [0.3, 0.4) is 0 Å². The summed E-state index contributed by atoms with van der Waals surface area (Å²) in [4.78, 5) is 14.4. The highest BCUT2D eigenvalue weighted by Crippen LogP contribution is 2.44. The summed E-state index contributed by atoms with van der Waals surface area (Å²) in [6.07, 6.45) is -0.268. The van der Waals surface area contributed by atoms with Gasteiger partial charge in [-0.05, 0) is 11.4 Å². The van der Waals surface area contributed by atoms with E-state index in [0.717, 1.165) is 5.69 Å². The van der Waals surface area contributed by atoms with Crippen LogP contribution in [0.15, 0.2) is 11.4 Å². The minimum absolute atomic E-state index is 0.0533. The average Bonchev–Trinajstić information content (AvgIpc) is 2.68. The highest BCUT2D eigenvalue weighted by molar-refractivity contribution is 7.10. The van der Waals surface area contributed by atoms with Crippen molar-refractivity contribution in [2.24, 2.45) is 0 Å². The predicted octanol–water partition coefficient (Wildman–Crippen LogP) is 2.61. The third-order valence-electron chi connectivity index (χ3n) is 2.50. The Kier molecular flexibility index (Phi) is 2.03. The molecule has 3 nitrogen and oxygen atoms in total. The Hall–Kier alpha value is -1.03. The average molecular weight is 211 g/mol. The predicted molar refractivity (Wildman–Crippen MR) is 57.1 cm³/mol. The summed E-state index contributed by atoms with van der Waals surface area (Å²) in [5, 5.41) is 2.02. The van der Waals surface area contributed by atoms with Crippen LogP contribution in [0, 0.1) is 0 Å². The SMILES string of the molecule is COC(=O)N1CC(C)(C)c2sccc21. The van der Waals surface area contributed by atoms with Crippen LogP contribution < -0.4 is 4.90 Å². The van der Waals surface area contributed by atoms with Crippen LogP contribution in [0.4, 0.5) is 10.5 Å². The molecule has 0 radical (unpaired) electrons. The number of carbonyl (C=O) groups excluding carboxylic acids is 1. The van der Waals surface area contributed by atoms with Crippen LogP contribution in [0.1, 0.15) is 18.7 Å². The minimum Gasteiger partial charge on any atom is -0.452 e. The molecule has 1 aromatic heterocycles. The molecule has 0 aliphatic carbocycles. The Morgan fingerprint density at radius 1 is 1.64 bits per heavy atom. The number of anilines is 1. The quantitative estimate of drug-likeness (QED) is 0.660. The van der Waals surface area contributed by atoms with Gasteiger partial charge in [-0.3, -0.25) is 4.90 Å². The Labute approximate surface area is 87.3 Å². The molecular weight excluding hydrogens is 198 g/mol. The lowest BCUT2D eigenvalue weighted by Gasteiger charge is -2.19.